The van der Waals surface area contributed by atoms with Gasteiger partial charge in [0.05, 0.1) is 0 Å². The van der Waals surface area contributed by atoms with Gasteiger partial charge in [0.25, 0.3) is 5.91 Å². The summed E-state index contributed by atoms with van der Waals surface area (Å²) in [6.07, 6.45) is 3.76. The molecule has 0 radical (unpaired) electrons. The molecule has 0 aliphatic carbocycles. The molecule has 0 atom stereocenters. The Morgan fingerprint density at radius 3 is 2.67 bits per heavy atom. The number of piperidine rings is 1. The second kappa shape index (κ2) is 6.63. The van der Waals surface area contributed by atoms with E-state index in [9.17, 15) is 4.79 Å². The van der Waals surface area contributed by atoms with E-state index < -0.39 is 11.1 Å². The summed E-state index contributed by atoms with van der Waals surface area (Å²) in [6, 6.07) is 0. The van der Waals surface area contributed by atoms with E-state index in [0.717, 1.165) is 19.6 Å². The van der Waals surface area contributed by atoms with Crippen LogP contribution in [0.2, 0.25) is 0 Å². The number of halogens is 1. The molecule has 1 heterocycles. The zero-order valence-electron chi connectivity index (χ0n) is 8.58. The Hall–Kier alpha value is -0.810. The summed E-state index contributed by atoms with van der Waals surface area (Å²) < 4.78 is 0. The highest BCUT2D eigenvalue weighted by atomic mass is 35.5. The highest BCUT2D eigenvalue weighted by molar-refractivity contribution is 6.82. The highest BCUT2D eigenvalue weighted by Crippen LogP contribution is 2.07. The average Bonchev–Trinajstić information content (AvgIpc) is 2.29. The maximum Gasteiger partial charge on any atom is 0.285 e. The molecule has 0 unspecified atom stereocenters. The first kappa shape index (κ1) is 12.3. The van der Waals surface area contributed by atoms with Gasteiger partial charge < -0.3 is 15.4 Å². The number of carbonyl (C=O) groups is 1. The number of rotatable bonds is 4. The molecule has 0 aromatic rings. The molecule has 1 fully saturated rings. The second-order valence-electron chi connectivity index (χ2n) is 3.55. The van der Waals surface area contributed by atoms with E-state index >= 15 is 0 Å². The Balaban J connectivity index is 2.12. The van der Waals surface area contributed by atoms with Gasteiger partial charge in [0.15, 0.2) is 0 Å². The van der Waals surface area contributed by atoms with Gasteiger partial charge in [0, 0.05) is 13.1 Å². The van der Waals surface area contributed by atoms with Crippen molar-refractivity contribution in [1.82, 2.24) is 10.2 Å². The maximum absolute atomic E-state index is 11.1. The Morgan fingerprint density at radius 2 is 2.07 bits per heavy atom. The van der Waals surface area contributed by atoms with Gasteiger partial charge in [-0.15, -0.1) is 0 Å². The molecule has 1 saturated heterocycles. The molecule has 86 valence electrons. The maximum atomic E-state index is 11.1. The SMILES string of the molecule is O=C(NCCN1CCCCC1)/C(Cl)=N\O. The summed E-state index contributed by atoms with van der Waals surface area (Å²) in [4.78, 5) is 13.4. The molecule has 0 aromatic heterocycles. The molecule has 1 aliphatic heterocycles. The first-order chi connectivity index (χ1) is 7.24. The fourth-order valence-corrected chi connectivity index (χ4v) is 1.70. The van der Waals surface area contributed by atoms with E-state index in [0.29, 0.717) is 6.54 Å². The third-order valence-corrected chi connectivity index (χ3v) is 2.68. The van der Waals surface area contributed by atoms with Crippen LogP contribution < -0.4 is 5.32 Å². The van der Waals surface area contributed by atoms with Crippen molar-refractivity contribution in [2.75, 3.05) is 26.2 Å². The van der Waals surface area contributed by atoms with E-state index in [2.05, 4.69) is 15.4 Å². The predicted molar refractivity (Wildman–Crippen MR) is 58.4 cm³/mol. The molecule has 1 rings (SSSR count). The lowest BCUT2D eigenvalue weighted by Gasteiger charge is -2.26. The van der Waals surface area contributed by atoms with Crippen molar-refractivity contribution >= 4 is 22.7 Å². The smallest absolute Gasteiger partial charge is 0.285 e. The van der Waals surface area contributed by atoms with Crippen LogP contribution in [0.5, 0.6) is 0 Å². The van der Waals surface area contributed by atoms with Crippen LogP contribution in [0.3, 0.4) is 0 Å². The Labute approximate surface area is 94.1 Å². The van der Waals surface area contributed by atoms with Crippen molar-refractivity contribution in [2.45, 2.75) is 19.3 Å². The topological polar surface area (TPSA) is 64.9 Å². The molecule has 15 heavy (non-hydrogen) atoms. The van der Waals surface area contributed by atoms with Gasteiger partial charge in [-0.2, -0.15) is 0 Å². The van der Waals surface area contributed by atoms with E-state index in [-0.39, 0.29) is 0 Å². The summed E-state index contributed by atoms with van der Waals surface area (Å²) in [6.45, 7) is 3.54. The molecule has 0 bridgehead atoms. The number of hydrogen-bond donors (Lipinski definition) is 2. The van der Waals surface area contributed by atoms with Gasteiger partial charge in [-0.1, -0.05) is 23.2 Å². The molecule has 0 saturated carbocycles. The zero-order chi connectivity index (χ0) is 11.1. The second-order valence-corrected chi connectivity index (χ2v) is 3.91. The van der Waals surface area contributed by atoms with Crippen molar-refractivity contribution in [3.63, 3.8) is 0 Å². The van der Waals surface area contributed by atoms with Crippen LogP contribution in [0.25, 0.3) is 0 Å². The van der Waals surface area contributed by atoms with E-state index in [4.69, 9.17) is 16.8 Å². The molecule has 0 spiro atoms. The Bertz CT molecular complexity index is 240. The van der Waals surface area contributed by atoms with Crippen LogP contribution in [0.1, 0.15) is 19.3 Å². The minimum Gasteiger partial charge on any atom is -0.409 e. The van der Waals surface area contributed by atoms with Crippen LogP contribution in [0, 0.1) is 0 Å². The van der Waals surface area contributed by atoms with Crippen LogP contribution in [-0.4, -0.2) is 47.4 Å². The quantitative estimate of drug-likeness (QED) is 0.425. The first-order valence-electron chi connectivity index (χ1n) is 5.12. The summed E-state index contributed by atoms with van der Waals surface area (Å²) in [7, 11) is 0. The lowest BCUT2D eigenvalue weighted by molar-refractivity contribution is -0.114. The van der Waals surface area contributed by atoms with Crippen LogP contribution in [0.4, 0.5) is 0 Å². The minimum atomic E-state index is -0.531. The van der Waals surface area contributed by atoms with Crippen molar-refractivity contribution in [3.05, 3.63) is 0 Å². The molecule has 1 aliphatic rings. The van der Waals surface area contributed by atoms with E-state index in [1.165, 1.54) is 19.3 Å². The largest absolute Gasteiger partial charge is 0.409 e. The van der Waals surface area contributed by atoms with Crippen LogP contribution >= 0.6 is 11.6 Å². The monoisotopic (exact) mass is 233 g/mol. The molecule has 1 amide bonds. The fourth-order valence-electron chi connectivity index (χ4n) is 1.63. The highest BCUT2D eigenvalue weighted by Gasteiger charge is 2.11. The average molecular weight is 234 g/mol. The van der Waals surface area contributed by atoms with Crippen molar-refractivity contribution < 1.29 is 10.0 Å². The Morgan fingerprint density at radius 1 is 1.40 bits per heavy atom. The standard InChI is InChI=1S/C9H16ClN3O2/c10-8(12-15)9(14)11-4-7-13-5-2-1-3-6-13/h15H,1-7H2,(H,11,14)/b12-8+. The minimum absolute atomic E-state index is 0.423. The van der Waals surface area contributed by atoms with Gasteiger partial charge in [-0.05, 0) is 25.9 Å². The van der Waals surface area contributed by atoms with Crippen molar-refractivity contribution in [2.24, 2.45) is 5.16 Å². The molecule has 6 heteroatoms. The number of nitrogens with zero attached hydrogens (tertiary/aromatic N) is 2. The normalized spacial score (nSPS) is 18.9. The zero-order valence-corrected chi connectivity index (χ0v) is 9.33. The molecule has 5 nitrogen and oxygen atoms in total. The van der Waals surface area contributed by atoms with E-state index in [1.807, 2.05) is 0 Å². The lowest BCUT2D eigenvalue weighted by atomic mass is 10.1. The number of nitrogens with one attached hydrogen (secondary N) is 1. The van der Waals surface area contributed by atoms with Gasteiger partial charge in [-0.3, -0.25) is 4.79 Å². The summed E-state index contributed by atoms with van der Waals surface area (Å²) in [5, 5.41) is 13.0. The first-order valence-corrected chi connectivity index (χ1v) is 5.50. The summed E-state index contributed by atoms with van der Waals surface area (Å²) >= 11 is 5.31. The van der Waals surface area contributed by atoms with Gasteiger partial charge in [0.2, 0.25) is 5.17 Å². The number of amides is 1. The number of hydrogen-bond acceptors (Lipinski definition) is 4. The predicted octanol–water partition coefficient (Wildman–Crippen LogP) is 0.615. The third-order valence-electron chi connectivity index (χ3n) is 2.44. The summed E-state index contributed by atoms with van der Waals surface area (Å²) in [5.74, 6) is -0.531. The number of oxime groups is 1. The van der Waals surface area contributed by atoms with E-state index in [1.54, 1.807) is 0 Å². The van der Waals surface area contributed by atoms with Crippen molar-refractivity contribution in [1.29, 1.82) is 0 Å². The summed E-state index contributed by atoms with van der Waals surface area (Å²) in [5.41, 5.74) is 0. The third kappa shape index (κ3) is 4.48. The van der Waals surface area contributed by atoms with Gasteiger partial charge >= 0.3 is 0 Å². The molecule has 0 aromatic carbocycles. The lowest BCUT2D eigenvalue weighted by Crippen LogP contribution is -2.39. The molecular formula is C9H16ClN3O2. The number of carbonyl (C=O) groups excluding carboxylic acids is 1. The molecule has 2 N–H and O–H groups in total. The van der Waals surface area contributed by atoms with Gasteiger partial charge in [0.1, 0.15) is 0 Å². The number of likely N-dealkylation sites (tertiary alicyclic amines) is 1. The van der Waals surface area contributed by atoms with Gasteiger partial charge in [-0.25, -0.2) is 0 Å². The van der Waals surface area contributed by atoms with Crippen molar-refractivity contribution in [3.8, 4) is 0 Å². The van der Waals surface area contributed by atoms with Crippen LogP contribution in [-0.2, 0) is 4.79 Å². The fraction of sp³-hybridized carbons (Fsp3) is 0.778. The van der Waals surface area contributed by atoms with Crippen LogP contribution in [0.15, 0.2) is 5.16 Å². The Kier molecular flexibility index (Phi) is 5.42. The molecular weight excluding hydrogens is 218 g/mol.